The fourth-order valence-corrected chi connectivity index (χ4v) is 5.43. The summed E-state index contributed by atoms with van der Waals surface area (Å²) in [6.07, 6.45) is 9.42. The van der Waals surface area contributed by atoms with Crippen molar-refractivity contribution in [2.24, 2.45) is 5.92 Å². The molecule has 6 nitrogen and oxygen atoms in total. The molecule has 1 aromatic heterocycles. The number of fused-ring (bicyclic) bond motifs is 1. The van der Waals surface area contributed by atoms with E-state index in [1.165, 1.54) is 19.3 Å². The van der Waals surface area contributed by atoms with E-state index < -0.39 is 5.79 Å². The number of hydrogen-bond donors (Lipinski definition) is 2. The zero-order valence-corrected chi connectivity index (χ0v) is 19.8. The molecular formula is C25H34ClN3O3. The third-order valence-electron chi connectivity index (χ3n) is 7.22. The van der Waals surface area contributed by atoms with Crippen molar-refractivity contribution >= 4 is 28.2 Å². The number of nitrogens with one attached hydrogen (secondary N) is 2. The van der Waals surface area contributed by atoms with Crippen molar-refractivity contribution in [2.75, 3.05) is 18.5 Å². The van der Waals surface area contributed by atoms with Gasteiger partial charge < -0.3 is 15.4 Å². The quantitative estimate of drug-likeness (QED) is 0.579. The van der Waals surface area contributed by atoms with Crippen LogP contribution in [0.4, 0.5) is 5.69 Å². The summed E-state index contributed by atoms with van der Waals surface area (Å²) in [4.78, 5) is 15.7. The minimum atomic E-state index is -0.545. The smallest absolute Gasteiger partial charge is 0.201 e. The van der Waals surface area contributed by atoms with Gasteiger partial charge >= 0.3 is 0 Å². The fraction of sp³-hybridized carbons (Fsp3) is 0.640. The normalized spacial score (nSPS) is 32.4. The predicted octanol–water partition coefficient (Wildman–Crippen LogP) is 5.45. The van der Waals surface area contributed by atoms with Crippen molar-refractivity contribution in [1.82, 2.24) is 10.3 Å². The highest BCUT2D eigenvalue weighted by atomic mass is 35.5. The van der Waals surface area contributed by atoms with Crippen LogP contribution in [0.5, 0.6) is 0 Å². The molecule has 174 valence electrons. The minimum absolute atomic E-state index is 0.364. The molecule has 1 aromatic carbocycles. The molecule has 2 unspecified atom stereocenters. The predicted molar refractivity (Wildman–Crippen MR) is 127 cm³/mol. The standard InChI is InChI=1S/C25H34ClN3O3/c1-24(2)16-30-25(32-31-24)11-8-19(9-12-25)28-15-17-4-3-5-21(17)29-22-10-13-27-23-14-18(26)6-7-20(22)23/h6-7,10,13-14,17,19,21,28H,3-5,8-9,11-12,15-16H2,1-2H3,(H,27,29). The van der Waals surface area contributed by atoms with Gasteiger partial charge in [-0.05, 0) is 69.7 Å². The van der Waals surface area contributed by atoms with E-state index in [2.05, 4.69) is 27.8 Å². The molecule has 1 saturated heterocycles. The van der Waals surface area contributed by atoms with Crippen LogP contribution in [0.1, 0.15) is 58.8 Å². The van der Waals surface area contributed by atoms with Crippen LogP contribution in [0.15, 0.2) is 30.5 Å². The number of nitrogens with zero attached hydrogens (tertiary/aromatic N) is 1. The second-order valence-electron chi connectivity index (χ2n) is 10.3. The van der Waals surface area contributed by atoms with Crippen LogP contribution in [-0.4, -0.2) is 41.6 Å². The molecule has 5 rings (SSSR count). The number of rotatable bonds is 5. The molecular weight excluding hydrogens is 426 g/mol. The fourth-order valence-electron chi connectivity index (χ4n) is 5.27. The van der Waals surface area contributed by atoms with Crippen LogP contribution in [0, 0.1) is 5.92 Å². The Balaban J connectivity index is 1.14. The Labute approximate surface area is 195 Å². The highest BCUT2D eigenvalue weighted by Crippen LogP contribution is 2.38. The van der Waals surface area contributed by atoms with E-state index in [0.717, 1.165) is 53.8 Å². The van der Waals surface area contributed by atoms with E-state index in [-0.39, 0.29) is 5.60 Å². The highest BCUT2D eigenvalue weighted by Gasteiger charge is 2.45. The first kappa shape index (κ1) is 22.4. The Morgan fingerprint density at radius 3 is 2.72 bits per heavy atom. The Morgan fingerprint density at radius 1 is 1.09 bits per heavy atom. The topological polar surface area (TPSA) is 64.6 Å². The van der Waals surface area contributed by atoms with Gasteiger partial charge in [0.2, 0.25) is 5.79 Å². The van der Waals surface area contributed by atoms with Gasteiger partial charge in [-0.2, -0.15) is 0 Å². The summed E-state index contributed by atoms with van der Waals surface area (Å²) < 4.78 is 6.08. The van der Waals surface area contributed by atoms with Gasteiger partial charge in [0.05, 0.1) is 12.1 Å². The summed E-state index contributed by atoms with van der Waals surface area (Å²) in [6.45, 7) is 5.60. The molecule has 2 aromatic rings. The van der Waals surface area contributed by atoms with Crippen LogP contribution in [0.3, 0.4) is 0 Å². The van der Waals surface area contributed by atoms with Gasteiger partial charge in [0.1, 0.15) is 5.60 Å². The first-order valence-corrected chi connectivity index (χ1v) is 12.3. The van der Waals surface area contributed by atoms with Gasteiger partial charge in [-0.3, -0.25) is 4.98 Å². The van der Waals surface area contributed by atoms with Gasteiger partial charge in [-0.15, -0.1) is 0 Å². The van der Waals surface area contributed by atoms with Gasteiger partial charge in [-0.1, -0.05) is 18.0 Å². The van der Waals surface area contributed by atoms with Gasteiger partial charge in [0.15, 0.2) is 0 Å². The van der Waals surface area contributed by atoms with E-state index in [4.69, 9.17) is 26.1 Å². The maximum Gasteiger partial charge on any atom is 0.201 e. The largest absolute Gasteiger partial charge is 0.381 e. The number of pyridine rings is 1. The molecule has 3 fully saturated rings. The van der Waals surface area contributed by atoms with Gasteiger partial charge in [-0.25, -0.2) is 9.78 Å². The molecule has 2 saturated carbocycles. The van der Waals surface area contributed by atoms with E-state index in [1.54, 1.807) is 0 Å². The highest BCUT2D eigenvalue weighted by molar-refractivity contribution is 6.31. The van der Waals surface area contributed by atoms with Crippen molar-refractivity contribution in [3.05, 3.63) is 35.5 Å². The molecule has 3 aliphatic rings. The number of anilines is 1. The molecule has 1 aliphatic heterocycles. The average molecular weight is 460 g/mol. The monoisotopic (exact) mass is 459 g/mol. The SMILES string of the molecule is CC1(C)COC2(CCC(NCC3CCCC3Nc3ccnc4cc(Cl)ccc34)CC2)OO1. The molecule has 7 heteroatoms. The van der Waals surface area contributed by atoms with E-state index in [1.807, 2.05) is 32.2 Å². The number of ether oxygens (including phenoxy) is 1. The molecule has 2 aliphatic carbocycles. The zero-order chi connectivity index (χ0) is 22.2. The van der Waals surface area contributed by atoms with Crippen LogP contribution in [0.25, 0.3) is 10.9 Å². The Hall–Kier alpha value is -1.44. The van der Waals surface area contributed by atoms with Crippen LogP contribution < -0.4 is 10.6 Å². The Bertz CT molecular complexity index is 933. The van der Waals surface area contributed by atoms with Gasteiger partial charge in [0.25, 0.3) is 0 Å². The average Bonchev–Trinajstić information content (AvgIpc) is 3.23. The van der Waals surface area contributed by atoms with E-state index in [9.17, 15) is 0 Å². The van der Waals surface area contributed by atoms with Gasteiger partial charge in [0, 0.05) is 53.8 Å². The minimum Gasteiger partial charge on any atom is -0.381 e. The van der Waals surface area contributed by atoms with Crippen molar-refractivity contribution in [2.45, 2.75) is 82.3 Å². The molecule has 0 radical (unpaired) electrons. The number of halogens is 1. The summed E-state index contributed by atoms with van der Waals surface area (Å²) in [7, 11) is 0. The number of aromatic nitrogens is 1. The third kappa shape index (κ3) is 4.90. The maximum atomic E-state index is 6.15. The van der Waals surface area contributed by atoms with Crippen molar-refractivity contribution < 1.29 is 14.5 Å². The summed E-state index contributed by atoms with van der Waals surface area (Å²) in [5.74, 6) is 0.0731. The lowest BCUT2D eigenvalue weighted by Crippen LogP contribution is -2.53. The first-order valence-electron chi connectivity index (χ1n) is 12.0. The Morgan fingerprint density at radius 2 is 1.94 bits per heavy atom. The Kier molecular flexibility index (Phi) is 6.34. The molecule has 2 N–H and O–H groups in total. The summed E-state index contributed by atoms with van der Waals surface area (Å²) >= 11 is 6.15. The van der Waals surface area contributed by atoms with Crippen molar-refractivity contribution in [1.29, 1.82) is 0 Å². The molecule has 1 spiro atoms. The van der Waals surface area contributed by atoms with Crippen LogP contribution in [-0.2, 0) is 14.5 Å². The summed E-state index contributed by atoms with van der Waals surface area (Å²) in [5, 5.41) is 9.51. The van der Waals surface area contributed by atoms with Crippen molar-refractivity contribution in [3.8, 4) is 0 Å². The summed E-state index contributed by atoms with van der Waals surface area (Å²) in [6, 6.07) is 8.98. The lowest BCUT2D eigenvalue weighted by Gasteiger charge is -2.45. The van der Waals surface area contributed by atoms with Crippen LogP contribution in [0.2, 0.25) is 5.02 Å². The van der Waals surface area contributed by atoms with E-state index >= 15 is 0 Å². The second-order valence-corrected chi connectivity index (χ2v) is 10.7. The van der Waals surface area contributed by atoms with Crippen molar-refractivity contribution in [3.63, 3.8) is 0 Å². The van der Waals surface area contributed by atoms with E-state index in [0.29, 0.717) is 24.6 Å². The lowest BCUT2D eigenvalue weighted by atomic mass is 9.89. The molecule has 2 atom stereocenters. The first-order chi connectivity index (χ1) is 15.4. The summed E-state index contributed by atoms with van der Waals surface area (Å²) in [5.41, 5.74) is 1.72. The molecule has 32 heavy (non-hydrogen) atoms. The van der Waals surface area contributed by atoms with Crippen LogP contribution >= 0.6 is 11.6 Å². The molecule has 0 amide bonds. The maximum absolute atomic E-state index is 6.15. The number of hydrogen-bond acceptors (Lipinski definition) is 6. The zero-order valence-electron chi connectivity index (χ0n) is 19.0. The molecule has 0 bridgehead atoms. The molecule has 2 heterocycles. The lowest BCUT2D eigenvalue weighted by molar-refractivity contribution is -0.511. The second kappa shape index (κ2) is 9.07. The number of benzene rings is 1. The third-order valence-corrected chi connectivity index (χ3v) is 7.46.